The topological polar surface area (TPSA) is 45.2 Å². The van der Waals surface area contributed by atoms with Gasteiger partial charge in [0.2, 0.25) is 0 Å². The van der Waals surface area contributed by atoms with E-state index in [4.69, 9.17) is 9.47 Å². The molecule has 0 amide bonds. The second kappa shape index (κ2) is 9.54. The van der Waals surface area contributed by atoms with Crippen LogP contribution in [0.4, 0.5) is 14.5 Å². The zero-order chi connectivity index (χ0) is 20.1. The lowest BCUT2D eigenvalue weighted by Gasteiger charge is -2.37. The summed E-state index contributed by atoms with van der Waals surface area (Å²) in [5.74, 6) is -1.24. The van der Waals surface area contributed by atoms with Gasteiger partial charge < -0.3 is 19.5 Å². The zero-order valence-electron chi connectivity index (χ0n) is 15.6. The molecule has 0 radical (unpaired) electrons. The zero-order valence-corrected chi connectivity index (χ0v) is 17.2. The number of piperazine rings is 1. The van der Waals surface area contributed by atoms with E-state index in [9.17, 15) is 13.9 Å². The Balaban J connectivity index is 1.48. The molecule has 1 atom stereocenters. The number of β-amino-alcohol motifs (C(OH)–C–C–N with tert-alkyl or cyclic N) is 1. The van der Waals surface area contributed by atoms with Gasteiger partial charge in [-0.25, -0.2) is 8.78 Å². The van der Waals surface area contributed by atoms with Gasteiger partial charge in [-0.15, -0.1) is 0 Å². The third-order valence-corrected chi connectivity index (χ3v) is 5.11. The molecule has 1 aliphatic heterocycles. The first-order chi connectivity index (χ1) is 13.5. The molecule has 8 heteroatoms. The fourth-order valence-corrected chi connectivity index (χ4v) is 3.66. The van der Waals surface area contributed by atoms with Crippen molar-refractivity contribution in [3.63, 3.8) is 0 Å². The quantitative estimate of drug-likeness (QED) is 0.692. The number of ether oxygens (including phenoxy) is 2. The van der Waals surface area contributed by atoms with Crippen molar-refractivity contribution >= 4 is 21.6 Å². The van der Waals surface area contributed by atoms with Crippen LogP contribution in [-0.4, -0.2) is 62.6 Å². The molecule has 2 aromatic carbocycles. The molecular formula is C20H23BrF2N2O3. The number of halogens is 3. The molecule has 1 N–H and O–H groups in total. The highest BCUT2D eigenvalue weighted by molar-refractivity contribution is 9.10. The van der Waals surface area contributed by atoms with Crippen molar-refractivity contribution in [2.45, 2.75) is 6.10 Å². The number of rotatable bonds is 7. The number of aliphatic hydroxyl groups is 1. The summed E-state index contributed by atoms with van der Waals surface area (Å²) in [5.41, 5.74) is 1.05. The van der Waals surface area contributed by atoms with Crippen molar-refractivity contribution in [3.05, 3.63) is 52.5 Å². The summed E-state index contributed by atoms with van der Waals surface area (Å²) < 4.78 is 38.4. The van der Waals surface area contributed by atoms with E-state index in [-0.39, 0.29) is 6.61 Å². The summed E-state index contributed by atoms with van der Waals surface area (Å²) in [6.07, 6.45) is -0.847. The number of methoxy groups -OCH3 is 1. The second-order valence-corrected chi connectivity index (χ2v) is 7.54. The Bertz CT molecular complexity index is 778. The molecule has 0 aliphatic carbocycles. The van der Waals surface area contributed by atoms with E-state index in [1.54, 1.807) is 7.11 Å². The Hall–Kier alpha value is -1.90. The summed E-state index contributed by atoms with van der Waals surface area (Å²) in [7, 11) is 1.66. The van der Waals surface area contributed by atoms with E-state index in [0.717, 1.165) is 49.7 Å². The lowest BCUT2D eigenvalue weighted by Crippen LogP contribution is -2.49. The molecule has 0 bridgehead atoms. The Kier molecular flexibility index (Phi) is 7.09. The molecule has 0 aromatic heterocycles. The number of hydrogen-bond donors (Lipinski definition) is 1. The van der Waals surface area contributed by atoms with Crippen molar-refractivity contribution in [3.8, 4) is 11.5 Å². The van der Waals surface area contributed by atoms with Crippen molar-refractivity contribution in [1.82, 2.24) is 4.90 Å². The first-order valence-electron chi connectivity index (χ1n) is 9.03. The van der Waals surface area contributed by atoms with Crippen LogP contribution in [0, 0.1) is 11.6 Å². The van der Waals surface area contributed by atoms with E-state index < -0.39 is 23.5 Å². The standard InChI is InChI=1S/C20H23BrF2N2O3/c1-27-19-5-3-2-4-18(19)25-8-6-24(7-9-25)12-15(26)13-28-20-16(22)10-14(21)11-17(20)23/h2-5,10-11,15,26H,6-9,12-13H2,1H3. The molecule has 1 fully saturated rings. The fourth-order valence-electron chi connectivity index (χ4n) is 3.26. The van der Waals surface area contributed by atoms with E-state index >= 15 is 0 Å². The molecule has 28 heavy (non-hydrogen) atoms. The van der Waals surface area contributed by atoms with Crippen LogP contribution in [0.3, 0.4) is 0 Å². The average molecular weight is 457 g/mol. The van der Waals surface area contributed by atoms with Crippen molar-refractivity contribution < 1.29 is 23.4 Å². The van der Waals surface area contributed by atoms with Gasteiger partial charge in [-0.05, 0) is 24.3 Å². The predicted molar refractivity (Wildman–Crippen MR) is 107 cm³/mol. The molecule has 5 nitrogen and oxygen atoms in total. The Morgan fingerprint density at radius 3 is 2.39 bits per heavy atom. The van der Waals surface area contributed by atoms with Gasteiger partial charge in [0.15, 0.2) is 17.4 Å². The highest BCUT2D eigenvalue weighted by Gasteiger charge is 2.22. The highest BCUT2D eigenvalue weighted by atomic mass is 79.9. The van der Waals surface area contributed by atoms with Crippen molar-refractivity contribution in [1.29, 1.82) is 0 Å². The van der Waals surface area contributed by atoms with Crippen LogP contribution in [0.2, 0.25) is 0 Å². The number of para-hydroxylation sites is 2. The van der Waals surface area contributed by atoms with Gasteiger partial charge in [-0.2, -0.15) is 0 Å². The minimum absolute atomic E-state index is 0.178. The lowest BCUT2D eigenvalue weighted by molar-refractivity contribution is 0.0634. The highest BCUT2D eigenvalue weighted by Crippen LogP contribution is 2.28. The van der Waals surface area contributed by atoms with Gasteiger partial charge in [-0.3, -0.25) is 4.90 Å². The number of nitrogens with zero attached hydrogens (tertiary/aromatic N) is 2. The van der Waals surface area contributed by atoms with Gasteiger partial charge in [0.25, 0.3) is 0 Å². The van der Waals surface area contributed by atoms with E-state index in [2.05, 4.69) is 25.7 Å². The number of aliphatic hydroxyl groups excluding tert-OH is 1. The summed E-state index contributed by atoms with van der Waals surface area (Å²) in [4.78, 5) is 4.35. The molecule has 152 valence electrons. The van der Waals surface area contributed by atoms with Crippen molar-refractivity contribution in [2.75, 3.05) is 51.3 Å². The summed E-state index contributed by atoms with van der Waals surface area (Å²) in [6, 6.07) is 10.1. The van der Waals surface area contributed by atoms with Crippen LogP contribution in [0.25, 0.3) is 0 Å². The van der Waals surface area contributed by atoms with Crippen molar-refractivity contribution in [2.24, 2.45) is 0 Å². The Labute approximate surface area is 171 Å². The summed E-state index contributed by atoms with van der Waals surface area (Å²) in [6.45, 7) is 3.31. The summed E-state index contributed by atoms with van der Waals surface area (Å²) >= 11 is 3.02. The predicted octanol–water partition coefficient (Wildman–Crippen LogP) is 3.30. The Morgan fingerprint density at radius 1 is 1.11 bits per heavy atom. The van der Waals surface area contributed by atoms with Crippen LogP contribution in [0.15, 0.2) is 40.9 Å². The summed E-state index contributed by atoms with van der Waals surface area (Å²) in [5, 5.41) is 10.2. The minimum Gasteiger partial charge on any atom is -0.495 e. The third-order valence-electron chi connectivity index (χ3n) is 4.65. The number of benzene rings is 2. The van der Waals surface area contributed by atoms with Crippen LogP contribution in [-0.2, 0) is 0 Å². The molecule has 1 heterocycles. The van der Waals surface area contributed by atoms with E-state index in [1.165, 1.54) is 0 Å². The largest absolute Gasteiger partial charge is 0.495 e. The number of hydrogen-bond acceptors (Lipinski definition) is 5. The second-order valence-electron chi connectivity index (χ2n) is 6.62. The van der Waals surface area contributed by atoms with Gasteiger partial charge >= 0.3 is 0 Å². The lowest BCUT2D eigenvalue weighted by atomic mass is 10.2. The molecule has 0 spiro atoms. The van der Waals surface area contributed by atoms with Gasteiger partial charge in [0, 0.05) is 37.2 Å². The maximum absolute atomic E-state index is 13.8. The average Bonchev–Trinajstić information content (AvgIpc) is 2.67. The smallest absolute Gasteiger partial charge is 0.190 e. The third kappa shape index (κ3) is 5.12. The van der Waals surface area contributed by atoms with Gasteiger partial charge in [0.05, 0.1) is 12.8 Å². The van der Waals surface area contributed by atoms with Gasteiger partial charge in [0.1, 0.15) is 18.5 Å². The molecule has 3 rings (SSSR count). The van der Waals surface area contributed by atoms with Crippen LogP contribution in [0.1, 0.15) is 0 Å². The maximum Gasteiger partial charge on any atom is 0.190 e. The van der Waals surface area contributed by atoms with E-state index in [0.29, 0.717) is 11.0 Å². The first kappa shape index (κ1) is 20.8. The van der Waals surface area contributed by atoms with Crippen LogP contribution < -0.4 is 14.4 Å². The first-order valence-corrected chi connectivity index (χ1v) is 9.83. The normalized spacial score (nSPS) is 16.1. The molecule has 1 saturated heterocycles. The number of anilines is 1. The maximum atomic E-state index is 13.8. The molecule has 2 aromatic rings. The molecular weight excluding hydrogens is 434 g/mol. The monoisotopic (exact) mass is 456 g/mol. The van der Waals surface area contributed by atoms with Crippen LogP contribution in [0.5, 0.6) is 11.5 Å². The fraction of sp³-hybridized carbons (Fsp3) is 0.400. The molecule has 1 aliphatic rings. The molecule has 1 unspecified atom stereocenters. The SMILES string of the molecule is COc1ccccc1N1CCN(CC(O)COc2c(F)cc(Br)cc2F)CC1. The molecule has 0 saturated carbocycles. The van der Waals surface area contributed by atoms with E-state index in [1.807, 2.05) is 24.3 Å². The van der Waals surface area contributed by atoms with Crippen LogP contribution >= 0.6 is 15.9 Å². The Morgan fingerprint density at radius 2 is 1.75 bits per heavy atom. The minimum atomic E-state index is -0.847. The van der Waals surface area contributed by atoms with Gasteiger partial charge in [-0.1, -0.05) is 28.1 Å².